The number of nitrogens with zero attached hydrogens (tertiary/aromatic N) is 1. The van der Waals surface area contributed by atoms with Crippen LogP contribution in [0, 0.1) is 41.5 Å². The van der Waals surface area contributed by atoms with E-state index in [9.17, 15) is 0 Å². The highest BCUT2D eigenvalue weighted by Gasteiger charge is 2.17. The van der Waals surface area contributed by atoms with Gasteiger partial charge in [0.05, 0.1) is 0 Å². The monoisotopic (exact) mass is 699 g/mol. The maximum Gasteiger partial charge on any atom is 0.0462 e. The molecule has 0 aliphatic rings. The smallest absolute Gasteiger partial charge is 0.0462 e. The number of hydrogen-bond acceptors (Lipinski definition) is 1. The van der Waals surface area contributed by atoms with Crippen LogP contribution in [0.2, 0.25) is 0 Å². The fourth-order valence-corrected chi connectivity index (χ4v) is 7.06. The molecule has 0 saturated heterocycles. The SMILES string of the molecule is Cc1ccc(C(c2ccc(C)cc2)c2ccc(C=Cc3cc(C)c(C=Cc4ccc(N(c5ccc(C)cc5)c5ccc(C)cc5)cc4)cc3C)cc2)cc1. The molecule has 0 spiro atoms. The van der Waals surface area contributed by atoms with Gasteiger partial charge in [0.2, 0.25) is 0 Å². The van der Waals surface area contributed by atoms with E-state index in [4.69, 9.17) is 0 Å². The molecule has 0 N–H and O–H groups in total. The Balaban J connectivity index is 1.07. The van der Waals surface area contributed by atoms with Gasteiger partial charge in [0.1, 0.15) is 0 Å². The minimum atomic E-state index is 0.194. The van der Waals surface area contributed by atoms with Gasteiger partial charge in [0.25, 0.3) is 0 Å². The van der Waals surface area contributed by atoms with Crippen molar-refractivity contribution in [3.05, 3.63) is 230 Å². The Bertz CT molecular complexity index is 2110. The lowest BCUT2D eigenvalue weighted by atomic mass is 9.84. The summed E-state index contributed by atoms with van der Waals surface area (Å²) in [5.41, 5.74) is 19.8. The van der Waals surface area contributed by atoms with Crippen LogP contribution in [0.5, 0.6) is 0 Å². The molecule has 0 bridgehead atoms. The molecule has 0 unspecified atom stereocenters. The van der Waals surface area contributed by atoms with Crippen molar-refractivity contribution in [3.8, 4) is 0 Å². The van der Waals surface area contributed by atoms with Gasteiger partial charge in [0, 0.05) is 23.0 Å². The van der Waals surface area contributed by atoms with Gasteiger partial charge in [0.15, 0.2) is 0 Å². The normalized spacial score (nSPS) is 11.5. The fourth-order valence-electron chi connectivity index (χ4n) is 7.06. The summed E-state index contributed by atoms with van der Waals surface area (Å²) >= 11 is 0. The zero-order chi connectivity index (χ0) is 37.6. The Labute approximate surface area is 322 Å². The van der Waals surface area contributed by atoms with Crippen LogP contribution >= 0.6 is 0 Å². The summed E-state index contributed by atoms with van der Waals surface area (Å²) in [7, 11) is 0. The lowest BCUT2D eigenvalue weighted by Crippen LogP contribution is -2.09. The molecular formula is C53H49N. The van der Waals surface area contributed by atoms with Crippen LogP contribution in [0.3, 0.4) is 0 Å². The molecule has 54 heavy (non-hydrogen) atoms. The molecule has 0 atom stereocenters. The van der Waals surface area contributed by atoms with Crippen molar-refractivity contribution >= 4 is 41.4 Å². The van der Waals surface area contributed by atoms with Crippen molar-refractivity contribution in [1.29, 1.82) is 0 Å². The molecule has 0 radical (unpaired) electrons. The number of aryl methyl sites for hydroxylation is 6. The Morgan fingerprint density at radius 2 is 0.611 bits per heavy atom. The minimum absolute atomic E-state index is 0.194. The third-order valence-corrected chi connectivity index (χ3v) is 10.4. The molecule has 0 aromatic heterocycles. The van der Waals surface area contributed by atoms with Crippen molar-refractivity contribution in [3.63, 3.8) is 0 Å². The van der Waals surface area contributed by atoms with Crippen LogP contribution in [-0.4, -0.2) is 0 Å². The summed E-state index contributed by atoms with van der Waals surface area (Å²) in [6.07, 6.45) is 8.92. The average molecular weight is 700 g/mol. The summed E-state index contributed by atoms with van der Waals surface area (Å²) in [6.45, 7) is 12.9. The first kappa shape index (κ1) is 36.2. The molecule has 1 heteroatoms. The molecular weight excluding hydrogens is 651 g/mol. The number of anilines is 3. The van der Waals surface area contributed by atoms with E-state index >= 15 is 0 Å². The summed E-state index contributed by atoms with van der Waals surface area (Å²) in [5.74, 6) is 0.194. The van der Waals surface area contributed by atoms with Gasteiger partial charge in [-0.05, 0) is 128 Å². The van der Waals surface area contributed by atoms with E-state index in [1.165, 1.54) is 72.3 Å². The molecule has 0 heterocycles. The van der Waals surface area contributed by atoms with Crippen molar-refractivity contribution < 1.29 is 0 Å². The zero-order valence-electron chi connectivity index (χ0n) is 32.3. The van der Waals surface area contributed by atoms with Gasteiger partial charge in [-0.25, -0.2) is 0 Å². The van der Waals surface area contributed by atoms with Crippen molar-refractivity contribution in [1.82, 2.24) is 0 Å². The second kappa shape index (κ2) is 16.2. The Hall–Kier alpha value is -6.18. The van der Waals surface area contributed by atoms with Gasteiger partial charge < -0.3 is 4.90 Å². The molecule has 0 aliphatic carbocycles. The molecule has 0 aliphatic heterocycles. The molecule has 7 aromatic rings. The van der Waals surface area contributed by atoms with E-state index in [0.717, 1.165) is 17.1 Å². The highest BCUT2D eigenvalue weighted by atomic mass is 15.1. The Morgan fingerprint density at radius 1 is 0.333 bits per heavy atom. The highest BCUT2D eigenvalue weighted by Crippen LogP contribution is 2.36. The molecule has 7 aromatic carbocycles. The maximum absolute atomic E-state index is 2.31. The van der Waals surface area contributed by atoms with Gasteiger partial charge in [-0.1, -0.05) is 168 Å². The van der Waals surface area contributed by atoms with Gasteiger partial charge >= 0.3 is 0 Å². The van der Waals surface area contributed by atoms with Crippen LogP contribution in [0.4, 0.5) is 17.1 Å². The van der Waals surface area contributed by atoms with Gasteiger partial charge in [-0.2, -0.15) is 0 Å². The molecule has 0 fully saturated rings. The highest BCUT2D eigenvalue weighted by molar-refractivity contribution is 5.79. The second-order valence-electron chi connectivity index (χ2n) is 14.8. The lowest BCUT2D eigenvalue weighted by Gasteiger charge is -2.25. The minimum Gasteiger partial charge on any atom is -0.311 e. The van der Waals surface area contributed by atoms with E-state index in [1.54, 1.807) is 0 Å². The van der Waals surface area contributed by atoms with Gasteiger partial charge in [-0.15, -0.1) is 0 Å². The van der Waals surface area contributed by atoms with Gasteiger partial charge in [-0.3, -0.25) is 0 Å². The maximum atomic E-state index is 2.31. The van der Waals surface area contributed by atoms with Crippen molar-refractivity contribution in [2.75, 3.05) is 4.90 Å². The number of rotatable bonds is 10. The van der Waals surface area contributed by atoms with E-state index < -0.39 is 0 Å². The summed E-state index contributed by atoms with van der Waals surface area (Å²) in [4.78, 5) is 2.31. The third-order valence-electron chi connectivity index (χ3n) is 10.4. The van der Waals surface area contributed by atoms with E-state index in [-0.39, 0.29) is 5.92 Å². The third kappa shape index (κ3) is 8.54. The molecule has 1 nitrogen and oxygen atoms in total. The predicted molar refractivity (Wildman–Crippen MR) is 234 cm³/mol. The molecule has 0 amide bonds. The second-order valence-corrected chi connectivity index (χ2v) is 14.8. The average Bonchev–Trinajstić information content (AvgIpc) is 3.18. The Morgan fingerprint density at radius 3 is 0.963 bits per heavy atom. The largest absolute Gasteiger partial charge is 0.311 e. The van der Waals surface area contributed by atoms with E-state index in [1.807, 2.05) is 0 Å². The first-order chi connectivity index (χ1) is 26.2. The van der Waals surface area contributed by atoms with Crippen LogP contribution in [-0.2, 0) is 0 Å². The molecule has 0 saturated carbocycles. The van der Waals surface area contributed by atoms with Crippen LogP contribution < -0.4 is 4.90 Å². The standard InChI is InChI=1S/C53H49N/c1-37-7-21-45(22-8-37)53(46-23-9-38(2)10-24-46)47-25-15-43(16-26-47)17-27-48-35-42(6)49(36-41(48)5)28-18-44-19-33-52(34-20-44)54(50-29-11-39(3)12-30-50)51-31-13-40(4)14-32-51/h7-36,53H,1-6H3. The molecule has 266 valence electrons. The summed E-state index contributed by atoms with van der Waals surface area (Å²) in [6, 6.07) is 57.8. The van der Waals surface area contributed by atoms with Crippen LogP contribution in [0.15, 0.2) is 158 Å². The topological polar surface area (TPSA) is 3.24 Å². The summed E-state index contributed by atoms with van der Waals surface area (Å²) < 4.78 is 0. The molecule has 7 rings (SSSR count). The first-order valence-electron chi connectivity index (χ1n) is 18.9. The quantitative estimate of drug-likeness (QED) is 0.101. The van der Waals surface area contributed by atoms with E-state index in [2.05, 4.69) is 228 Å². The zero-order valence-corrected chi connectivity index (χ0v) is 32.3. The van der Waals surface area contributed by atoms with Crippen LogP contribution in [0.1, 0.15) is 78.2 Å². The number of hydrogen-bond donors (Lipinski definition) is 0. The van der Waals surface area contributed by atoms with Crippen molar-refractivity contribution in [2.45, 2.75) is 47.5 Å². The lowest BCUT2D eigenvalue weighted by molar-refractivity contribution is 0.974. The fraction of sp³-hybridized carbons (Fsp3) is 0.132. The summed E-state index contributed by atoms with van der Waals surface area (Å²) in [5, 5.41) is 0. The van der Waals surface area contributed by atoms with Crippen LogP contribution in [0.25, 0.3) is 24.3 Å². The Kier molecular flexibility index (Phi) is 10.9. The van der Waals surface area contributed by atoms with Crippen molar-refractivity contribution in [2.24, 2.45) is 0 Å². The number of benzene rings is 7. The first-order valence-corrected chi connectivity index (χ1v) is 18.9. The van der Waals surface area contributed by atoms with E-state index in [0.29, 0.717) is 0 Å². The predicted octanol–water partition coefficient (Wildman–Crippen LogP) is 14.5.